The Labute approximate surface area is 250 Å². The molecule has 0 bridgehead atoms. The van der Waals surface area contributed by atoms with Crippen LogP contribution in [0.1, 0.15) is 34.7 Å². The molecular weight excluding hydrogens is 662 g/mol. The SMILES string of the molecule is COc1cc(Br)cc([C@H]2C3=CC[C@@H]4C(=O)N(c5cccc(C(=O)O)c5)C(=O)[C@@H]4[C@@H]3CC3=C2C(=O)C=C(Br)C3=O)c1O. The van der Waals surface area contributed by atoms with Gasteiger partial charge in [-0.3, -0.25) is 24.1 Å². The van der Waals surface area contributed by atoms with Crippen LogP contribution in [-0.4, -0.2) is 46.7 Å². The van der Waals surface area contributed by atoms with E-state index in [-0.39, 0.29) is 51.2 Å². The summed E-state index contributed by atoms with van der Waals surface area (Å²) in [5.41, 5.74) is 1.53. The second-order valence-corrected chi connectivity index (χ2v) is 12.1. The van der Waals surface area contributed by atoms with Crippen LogP contribution >= 0.6 is 31.9 Å². The number of Topliss-reactive ketones (excluding diaryl/α,β-unsaturated/α-hetero) is 1. The zero-order chi connectivity index (χ0) is 29.3. The second kappa shape index (κ2) is 9.92. The lowest BCUT2D eigenvalue weighted by Gasteiger charge is -2.42. The fourth-order valence-corrected chi connectivity index (χ4v) is 7.47. The Kier molecular flexibility index (Phi) is 6.61. The molecule has 1 fully saturated rings. The fourth-order valence-electron chi connectivity index (χ4n) is 6.56. The summed E-state index contributed by atoms with van der Waals surface area (Å²) in [6.45, 7) is 0. The molecule has 4 atom stereocenters. The zero-order valence-corrected chi connectivity index (χ0v) is 24.6. The van der Waals surface area contributed by atoms with Gasteiger partial charge >= 0.3 is 5.97 Å². The lowest BCUT2D eigenvalue weighted by atomic mass is 9.59. The van der Waals surface area contributed by atoms with E-state index < -0.39 is 53.0 Å². The third kappa shape index (κ3) is 4.13. The minimum absolute atomic E-state index is 0.0558. The summed E-state index contributed by atoms with van der Waals surface area (Å²) in [4.78, 5) is 67.0. The number of phenolic OH excluding ortho intramolecular Hbond substituents is 1. The Balaban J connectivity index is 1.51. The van der Waals surface area contributed by atoms with E-state index in [1.165, 1.54) is 37.5 Å². The van der Waals surface area contributed by atoms with Gasteiger partial charge in [0.1, 0.15) is 0 Å². The Morgan fingerprint density at radius 1 is 1.05 bits per heavy atom. The highest BCUT2D eigenvalue weighted by atomic mass is 79.9. The summed E-state index contributed by atoms with van der Waals surface area (Å²) in [5.74, 6) is -6.03. The van der Waals surface area contributed by atoms with E-state index in [2.05, 4.69) is 31.9 Å². The molecule has 11 heteroatoms. The first-order valence-corrected chi connectivity index (χ1v) is 14.3. The number of carboxylic acids is 1. The molecule has 0 saturated carbocycles. The number of carboxylic acid groups (broad SMARTS) is 1. The Bertz CT molecular complexity index is 1700. The first-order valence-electron chi connectivity index (χ1n) is 12.7. The topological polar surface area (TPSA) is 138 Å². The normalized spacial score (nSPS) is 25.4. The first kappa shape index (κ1) is 27.3. The van der Waals surface area contributed by atoms with Crippen LogP contribution in [0.3, 0.4) is 0 Å². The molecule has 3 aliphatic carbocycles. The fraction of sp³-hybridized carbons (Fsp3) is 0.233. The summed E-state index contributed by atoms with van der Waals surface area (Å²) < 4.78 is 6.02. The van der Waals surface area contributed by atoms with Crippen molar-refractivity contribution < 1.29 is 38.9 Å². The van der Waals surface area contributed by atoms with Gasteiger partial charge < -0.3 is 14.9 Å². The number of phenols is 1. The molecule has 2 N–H and O–H groups in total. The van der Waals surface area contributed by atoms with Crippen molar-refractivity contribution in [2.24, 2.45) is 17.8 Å². The Morgan fingerprint density at radius 2 is 1.80 bits per heavy atom. The molecule has 41 heavy (non-hydrogen) atoms. The molecule has 2 aromatic rings. The van der Waals surface area contributed by atoms with E-state index in [9.17, 15) is 34.2 Å². The van der Waals surface area contributed by atoms with Gasteiger partial charge in [0.15, 0.2) is 23.1 Å². The van der Waals surface area contributed by atoms with Crippen LogP contribution < -0.4 is 9.64 Å². The molecule has 6 rings (SSSR count). The molecule has 208 valence electrons. The first-order chi connectivity index (χ1) is 19.5. The number of rotatable bonds is 4. The number of ether oxygens (including phenoxy) is 1. The third-order valence-electron chi connectivity index (χ3n) is 8.28. The number of methoxy groups -OCH3 is 1. The van der Waals surface area contributed by atoms with Crippen molar-refractivity contribution >= 4 is 66.9 Å². The highest BCUT2D eigenvalue weighted by Crippen LogP contribution is 2.57. The number of allylic oxidation sites excluding steroid dienone is 6. The van der Waals surface area contributed by atoms with Crippen molar-refractivity contribution in [3.8, 4) is 11.5 Å². The van der Waals surface area contributed by atoms with Crippen molar-refractivity contribution in [1.29, 1.82) is 0 Å². The van der Waals surface area contributed by atoms with Gasteiger partial charge in [0, 0.05) is 33.2 Å². The summed E-state index contributed by atoms with van der Waals surface area (Å²) in [7, 11) is 1.40. The summed E-state index contributed by atoms with van der Waals surface area (Å²) >= 11 is 6.63. The van der Waals surface area contributed by atoms with Crippen molar-refractivity contribution in [1.82, 2.24) is 0 Å². The number of carbonyl (C=O) groups is 5. The number of benzene rings is 2. The maximum absolute atomic E-state index is 14.0. The number of amides is 2. The van der Waals surface area contributed by atoms with E-state index in [1.807, 2.05) is 6.08 Å². The molecule has 2 amide bonds. The number of ketones is 2. The molecule has 2 aromatic carbocycles. The molecule has 4 aliphatic rings. The van der Waals surface area contributed by atoms with Crippen molar-refractivity contribution in [2.75, 3.05) is 12.0 Å². The van der Waals surface area contributed by atoms with Gasteiger partial charge in [-0.2, -0.15) is 0 Å². The minimum Gasteiger partial charge on any atom is -0.504 e. The van der Waals surface area contributed by atoms with E-state index in [1.54, 1.807) is 12.1 Å². The molecule has 9 nitrogen and oxygen atoms in total. The van der Waals surface area contributed by atoms with Crippen LogP contribution in [0, 0.1) is 17.8 Å². The number of fused-ring (bicyclic) bond motifs is 3. The number of aromatic hydroxyl groups is 1. The molecule has 1 aliphatic heterocycles. The van der Waals surface area contributed by atoms with Crippen LogP contribution in [0.4, 0.5) is 5.69 Å². The van der Waals surface area contributed by atoms with Crippen LogP contribution in [0.2, 0.25) is 0 Å². The standard InChI is InChI=1S/C30H21Br2NO8/c1-41-22-9-13(31)8-18(27(22)36)23-15-5-6-16-24(17(15)10-19-25(23)21(34)11-20(32)26(19)35)29(38)33(28(16)37)14-4-2-3-12(7-14)30(39)40/h2-5,7-9,11,16-17,23-24,36H,6,10H2,1H3,(H,39,40)/t16-,17+,23+,24-/m0/s1. The number of hydrogen-bond acceptors (Lipinski definition) is 7. The number of halogens is 2. The number of hydrogen-bond donors (Lipinski definition) is 2. The average Bonchev–Trinajstić information content (AvgIpc) is 3.21. The van der Waals surface area contributed by atoms with Gasteiger partial charge in [-0.05, 0) is 65.0 Å². The van der Waals surface area contributed by atoms with Crippen LogP contribution in [-0.2, 0) is 19.2 Å². The van der Waals surface area contributed by atoms with E-state index in [0.29, 0.717) is 15.6 Å². The summed E-state index contributed by atoms with van der Waals surface area (Å²) in [6, 6.07) is 8.86. The molecule has 0 spiro atoms. The van der Waals surface area contributed by atoms with Crippen LogP contribution in [0.5, 0.6) is 11.5 Å². The average molecular weight is 683 g/mol. The summed E-state index contributed by atoms with van der Waals surface area (Å²) in [6.07, 6.45) is 3.30. The molecule has 0 radical (unpaired) electrons. The summed E-state index contributed by atoms with van der Waals surface area (Å²) in [5, 5.41) is 20.6. The van der Waals surface area contributed by atoms with Gasteiger partial charge in [0.25, 0.3) is 0 Å². The predicted molar refractivity (Wildman–Crippen MR) is 153 cm³/mol. The number of anilines is 1. The highest BCUT2D eigenvalue weighted by molar-refractivity contribution is 9.12. The van der Waals surface area contributed by atoms with E-state index in [4.69, 9.17) is 4.74 Å². The maximum atomic E-state index is 14.0. The minimum atomic E-state index is -1.19. The Morgan fingerprint density at radius 3 is 2.51 bits per heavy atom. The lowest BCUT2D eigenvalue weighted by Crippen LogP contribution is -2.39. The molecule has 1 saturated heterocycles. The van der Waals surface area contributed by atoms with Gasteiger partial charge in [0.05, 0.1) is 34.7 Å². The maximum Gasteiger partial charge on any atom is 0.335 e. The quantitative estimate of drug-likeness (QED) is 0.266. The Hall–Kier alpha value is -3.83. The smallest absolute Gasteiger partial charge is 0.335 e. The number of imide groups is 1. The van der Waals surface area contributed by atoms with Crippen molar-refractivity contribution in [3.05, 3.63) is 85.4 Å². The van der Waals surface area contributed by atoms with Crippen molar-refractivity contribution in [2.45, 2.75) is 18.8 Å². The van der Waals surface area contributed by atoms with Gasteiger partial charge in [0.2, 0.25) is 11.8 Å². The van der Waals surface area contributed by atoms with Gasteiger partial charge in [-0.1, -0.05) is 33.6 Å². The monoisotopic (exact) mass is 681 g/mol. The van der Waals surface area contributed by atoms with E-state index in [0.717, 1.165) is 4.90 Å². The van der Waals surface area contributed by atoms with E-state index >= 15 is 0 Å². The van der Waals surface area contributed by atoms with Crippen molar-refractivity contribution in [3.63, 3.8) is 0 Å². The van der Waals surface area contributed by atoms with Crippen LogP contribution in [0.25, 0.3) is 0 Å². The second-order valence-electron chi connectivity index (χ2n) is 10.3. The molecular formula is C30H21Br2NO8. The highest BCUT2D eigenvalue weighted by Gasteiger charge is 2.57. The largest absolute Gasteiger partial charge is 0.504 e. The number of aromatic carboxylic acids is 1. The van der Waals surface area contributed by atoms with Crippen LogP contribution in [0.15, 0.2) is 74.2 Å². The lowest BCUT2D eigenvalue weighted by molar-refractivity contribution is -0.123. The zero-order valence-electron chi connectivity index (χ0n) is 21.4. The van der Waals surface area contributed by atoms with Gasteiger partial charge in [-0.25, -0.2) is 4.79 Å². The molecule has 0 aromatic heterocycles. The third-order valence-corrected chi connectivity index (χ3v) is 9.33. The molecule has 0 unspecified atom stereocenters. The predicted octanol–water partition coefficient (Wildman–Crippen LogP) is 4.83. The number of nitrogens with zero attached hydrogens (tertiary/aromatic N) is 1. The molecule has 1 heterocycles. The number of carbonyl (C=O) groups excluding carboxylic acids is 4. The van der Waals surface area contributed by atoms with Gasteiger partial charge in [-0.15, -0.1) is 0 Å².